The fourth-order valence-corrected chi connectivity index (χ4v) is 3.47. The topological polar surface area (TPSA) is 64.2 Å². The molecule has 0 fully saturated rings. The first kappa shape index (κ1) is 17.1. The molecule has 2 heterocycles. The number of fused-ring (bicyclic) bond motifs is 1. The number of para-hydroxylation sites is 1. The number of carboxylic acids is 1. The number of nitrogens with zero attached hydrogens (tertiary/aromatic N) is 2. The summed E-state index contributed by atoms with van der Waals surface area (Å²) in [5, 5.41) is 10.3. The van der Waals surface area contributed by atoms with Crippen LogP contribution < -0.4 is 5.56 Å². The average Bonchev–Trinajstić information content (AvgIpc) is 3.01. The molecular formula is C21H15ClN2O3. The van der Waals surface area contributed by atoms with Crippen LogP contribution in [0.5, 0.6) is 0 Å². The number of carbonyl (C=O) groups is 1. The first-order chi connectivity index (χ1) is 13.0. The van der Waals surface area contributed by atoms with Crippen LogP contribution in [-0.2, 0) is 6.54 Å². The molecule has 0 spiro atoms. The van der Waals surface area contributed by atoms with Gasteiger partial charge < -0.3 is 9.67 Å². The van der Waals surface area contributed by atoms with E-state index in [-0.39, 0.29) is 11.3 Å². The molecule has 0 saturated carbocycles. The Bertz CT molecular complexity index is 1210. The second-order valence-electron chi connectivity index (χ2n) is 6.16. The zero-order chi connectivity index (χ0) is 19.0. The van der Waals surface area contributed by atoms with Gasteiger partial charge in [-0.3, -0.25) is 9.36 Å². The summed E-state index contributed by atoms with van der Waals surface area (Å²) < 4.78 is 3.21. The van der Waals surface area contributed by atoms with E-state index >= 15 is 0 Å². The maximum atomic E-state index is 12.5. The highest BCUT2D eigenvalue weighted by atomic mass is 35.5. The monoisotopic (exact) mass is 378 g/mol. The van der Waals surface area contributed by atoms with Crippen molar-refractivity contribution in [2.24, 2.45) is 0 Å². The Hall–Kier alpha value is -3.31. The number of hydrogen-bond acceptors (Lipinski definition) is 2. The lowest BCUT2D eigenvalue weighted by molar-refractivity contribution is 0.0686. The molecule has 0 atom stereocenters. The second-order valence-corrected chi connectivity index (χ2v) is 6.60. The molecule has 0 saturated heterocycles. The molecule has 0 unspecified atom stereocenters. The molecule has 0 amide bonds. The third kappa shape index (κ3) is 3.13. The quantitative estimate of drug-likeness (QED) is 0.579. The number of aromatic carboxylic acids is 1. The summed E-state index contributed by atoms with van der Waals surface area (Å²) in [5.41, 5.74) is 2.67. The van der Waals surface area contributed by atoms with Crippen LogP contribution in [0.25, 0.3) is 16.7 Å². The van der Waals surface area contributed by atoms with E-state index in [9.17, 15) is 14.7 Å². The van der Waals surface area contributed by atoms with Crippen LogP contribution in [0.15, 0.2) is 77.6 Å². The Morgan fingerprint density at radius 2 is 1.70 bits per heavy atom. The van der Waals surface area contributed by atoms with E-state index in [1.54, 1.807) is 22.8 Å². The highest BCUT2D eigenvalue weighted by Gasteiger charge is 2.18. The Labute approximate surface area is 159 Å². The van der Waals surface area contributed by atoms with Gasteiger partial charge in [-0.15, -0.1) is 0 Å². The van der Waals surface area contributed by atoms with Crippen LogP contribution in [0.2, 0.25) is 5.02 Å². The predicted molar refractivity (Wildman–Crippen MR) is 105 cm³/mol. The van der Waals surface area contributed by atoms with Crippen LogP contribution in [0, 0.1) is 0 Å². The van der Waals surface area contributed by atoms with Gasteiger partial charge >= 0.3 is 5.97 Å². The molecule has 27 heavy (non-hydrogen) atoms. The molecule has 5 nitrogen and oxygen atoms in total. The van der Waals surface area contributed by atoms with Gasteiger partial charge in [-0.05, 0) is 42.0 Å². The molecule has 4 aromatic rings. The smallest absolute Gasteiger partial charge is 0.352 e. The average molecular weight is 379 g/mol. The molecule has 6 heteroatoms. The van der Waals surface area contributed by atoms with E-state index in [1.807, 2.05) is 42.5 Å². The molecule has 0 bridgehead atoms. The van der Waals surface area contributed by atoms with E-state index in [0.29, 0.717) is 28.3 Å². The maximum Gasteiger partial charge on any atom is 0.352 e. The lowest BCUT2D eigenvalue weighted by atomic mass is 10.2. The summed E-state index contributed by atoms with van der Waals surface area (Å²) in [6.45, 7) is 0.332. The minimum atomic E-state index is -1.06. The van der Waals surface area contributed by atoms with Gasteiger partial charge in [-0.2, -0.15) is 0 Å². The van der Waals surface area contributed by atoms with Gasteiger partial charge in [0, 0.05) is 23.3 Å². The Kier molecular flexibility index (Phi) is 4.30. The van der Waals surface area contributed by atoms with E-state index in [1.165, 1.54) is 16.7 Å². The van der Waals surface area contributed by atoms with Gasteiger partial charge in [-0.1, -0.05) is 41.9 Å². The van der Waals surface area contributed by atoms with Crippen molar-refractivity contribution in [3.63, 3.8) is 0 Å². The molecule has 2 aromatic carbocycles. The van der Waals surface area contributed by atoms with Gasteiger partial charge in [0.05, 0.1) is 11.0 Å². The van der Waals surface area contributed by atoms with Crippen LogP contribution in [0.1, 0.15) is 16.1 Å². The number of benzene rings is 2. The molecule has 4 rings (SSSR count). The summed E-state index contributed by atoms with van der Waals surface area (Å²) in [6.07, 6.45) is 0. The molecular weight excluding hydrogens is 364 g/mol. The lowest BCUT2D eigenvalue weighted by Gasteiger charge is -2.11. The standard InChI is InChI=1S/C21H15ClN2O3/c22-15-6-4-5-14(11-15)13-23-17-9-10-20(25)24(16-7-2-1-3-8-16)18(17)12-19(23)21(26)27/h1-12H,13H2,(H,26,27). The number of pyridine rings is 1. The Morgan fingerprint density at radius 1 is 0.926 bits per heavy atom. The normalized spacial score (nSPS) is 11.0. The largest absolute Gasteiger partial charge is 0.477 e. The van der Waals surface area contributed by atoms with Crippen LogP contribution >= 0.6 is 11.6 Å². The molecule has 0 aliphatic rings. The van der Waals surface area contributed by atoms with Crippen molar-refractivity contribution in [1.29, 1.82) is 0 Å². The summed E-state index contributed by atoms with van der Waals surface area (Å²) in [6, 6.07) is 21.1. The molecule has 2 aromatic heterocycles. The van der Waals surface area contributed by atoms with Crippen LogP contribution in [-0.4, -0.2) is 20.2 Å². The first-order valence-corrected chi connectivity index (χ1v) is 8.71. The maximum absolute atomic E-state index is 12.5. The first-order valence-electron chi connectivity index (χ1n) is 8.33. The number of rotatable bonds is 4. The minimum absolute atomic E-state index is 0.111. The van der Waals surface area contributed by atoms with Gasteiger partial charge in [0.1, 0.15) is 5.69 Å². The summed E-state index contributed by atoms with van der Waals surface area (Å²) >= 11 is 6.06. The third-order valence-electron chi connectivity index (χ3n) is 4.43. The van der Waals surface area contributed by atoms with E-state index in [2.05, 4.69) is 0 Å². The van der Waals surface area contributed by atoms with E-state index in [4.69, 9.17) is 11.6 Å². The third-order valence-corrected chi connectivity index (χ3v) is 4.66. The molecule has 0 radical (unpaired) electrons. The van der Waals surface area contributed by atoms with Gasteiger partial charge in [-0.25, -0.2) is 4.79 Å². The van der Waals surface area contributed by atoms with E-state index in [0.717, 1.165) is 5.56 Å². The zero-order valence-electron chi connectivity index (χ0n) is 14.2. The number of halogens is 1. The summed E-state index contributed by atoms with van der Waals surface area (Å²) in [7, 11) is 0. The van der Waals surface area contributed by atoms with Crippen molar-refractivity contribution < 1.29 is 9.90 Å². The van der Waals surface area contributed by atoms with Crippen LogP contribution in [0.3, 0.4) is 0 Å². The van der Waals surface area contributed by atoms with E-state index < -0.39 is 5.97 Å². The summed E-state index contributed by atoms with van der Waals surface area (Å²) in [4.78, 5) is 24.4. The van der Waals surface area contributed by atoms with Crippen LogP contribution in [0.4, 0.5) is 0 Å². The molecule has 134 valence electrons. The summed E-state index contributed by atoms with van der Waals surface area (Å²) in [5.74, 6) is -1.06. The highest BCUT2D eigenvalue weighted by molar-refractivity contribution is 6.30. The van der Waals surface area contributed by atoms with Crippen molar-refractivity contribution in [1.82, 2.24) is 9.13 Å². The number of aromatic nitrogens is 2. The fraction of sp³-hybridized carbons (Fsp3) is 0.0476. The lowest BCUT2D eigenvalue weighted by Crippen LogP contribution is -2.17. The Balaban J connectivity index is 1.98. The number of carboxylic acid groups (broad SMARTS) is 1. The number of hydrogen-bond donors (Lipinski definition) is 1. The van der Waals surface area contributed by atoms with Crippen molar-refractivity contribution in [2.45, 2.75) is 6.54 Å². The molecule has 1 N–H and O–H groups in total. The van der Waals surface area contributed by atoms with Crippen molar-refractivity contribution in [3.05, 3.63) is 99.4 Å². The van der Waals surface area contributed by atoms with Gasteiger partial charge in [0.25, 0.3) is 5.56 Å². The molecule has 0 aliphatic carbocycles. The highest BCUT2D eigenvalue weighted by Crippen LogP contribution is 2.23. The van der Waals surface area contributed by atoms with Crippen molar-refractivity contribution in [2.75, 3.05) is 0 Å². The van der Waals surface area contributed by atoms with Crippen molar-refractivity contribution in [3.8, 4) is 5.69 Å². The zero-order valence-corrected chi connectivity index (χ0v) is 14.9. The SMILES string of the molecule is O=C(O)c1cc2c(ccc(=O)n2-c2ccccc2)n1Cc1cccc(Cl)c1. The minimum Gasteiger partial charge on any atom is -0.477 e. The second kappa shape index (κ2) is 6.78. The van der Waals surface area contributed by atoms with Crippen molar-refractivity contribution >= 4 is 28.6 Å². The fourth-order valence-electron chi connectivity index (χ4n) is 3.26. The van der Waals surface area contributed by atoms with Gasteiger partial charge in [0.2, 0.25) is 0 Å². The Morgan fingerprint density at radius 3 is 2.41 bits per heavy atom. The predicted octanol–water partition coefficient (Wildman–Crippen LogP) is 4.19. The molecule has 0 aliphatic heterocycles. The van der Waals surface area contributed by atoms with Gasteiger partial charge in [0.15, 0.2) is 0 Å².